The zero-order chi connectivity index (χ0) is 14.4. The average molecular weight is 287 g/mol. The van der Waals surface area contributed by atoms with Gasteiger partial charge in [0.1, 0.15) is 5.82 Å². The number of ether oxygens (including phenoxy) is 1. The Morgan fingerprint density at radius 2 is 2.11 bits per heavy atom. The summed E-state index contributed by atoms with van der Waals surface area (Å²) >= 11 is 1.09. The molecular weight excluding hydrogens is 270 g/mol. The number of nitrogens with zero attached hydrogens (tertiary/aromatic N) is 3. The maximum absolute atomic E-state index is 11.2. The zero-order valence-corrected chi connectivity index (χ0v) is 11.9. The highest BCUT2D eigenvalue weighted by atomic mass is 32.2. The highest BCUT2D eigenvalue weighted by Gasteiger charge is 2.17. The van der Waals surface area contributed by atoms with E-state index in [9.17, 15) is 9.59 Å². The van der Waals surface area contributed by atoms with E-state index in [1.54, 1.807) is 4.57 Å². The Bertz CT molecular complexity index is 459. The first-order chi connectivity index (χ1) is 8.95. The lowest BCUT2D eigenvalue weighted by molar-refractivity contribution is -0.141. The van der Waals surface area contributed by atoms with E-state index in [1.165, 1.54) is 7.11 Å². The van der Waals surface area contributed by atoms with Crippen LogP contribution in [-0.4, -0.2) is 44.7 Å². The summed E-state index contributed by atoms with van der Waals surface area (Å²) in [6, 6.07) is 0. The number of aromatic nitrogens is 3. The van der Waals surface area contributed by atoms with E-state index in [0.717, 1.165) is 17.6 Å². The largest absolute Gasteiger partial charge is 0.481 e. The van der Waals surface area contributed by atoms with Crippen LogP contribution in [0.15, 0.2) is 5.16 Å². The number of rotatable bonds is 7. The van der Waals surface area contributed by atoms with Crippen molar-refractivity contribution in [3.05, 3.63) is 5.82 Å². The lowest BCUT2D eigenvalue weighted by Gasteiger charge is -2.10. The third-order valence-corrected chi connectivity index (χ3v) is 3.31. The summed E-state index contributed by atoms with van der Waals surface area (Å²) in [5.74, 6) is -0.452. The van der Waals surface area contributed by atoms with E-state index in [2.05, 4.69) is 14.9 Å². The number of carboxylic acids is 1. The quantitative estimate of drug-likeness (QED) is 0.593. The summed E-state index contributed by atoms with van der Waals surface area (Å²) in [6.07, 6.45) is 0.203. The lowest BCUT2D eigenvalue weighted by atomic mass is 10.2. The second-order valence-corrected chi connectivity index (χ2v) is 5.10. The van der Waals surface area contributed by atoms with Crippen molar-refractivity contribution in [2.75, 3.05) is 12.9 Å². The second-order valence-electron chi connectivity index (χ2n) is 4.16. The first-order valence-electron chi connectivity index (χ1n) is 5.80. The highest BCUT2D eigenvalue weighted by Crippen LogP contribution is 2.21. The molecule has 0 fully saturated rings. The predicted octanol–water partition coefficient (Wildman–Crippen LogP) is 1.14. The summed E-state index contributed by atoms with van der Waals surface area (Å²) in [7, 11) is 1.33. The van der Waals surface area contributed by atoms with Crippen molar-refractivity contribution >= 4 is 23.7 Å². The molecule has 1 aromatic rings. The topological polar surface area (TPSA) is 94.3 Å². The Balaban J connectivity index is 2.85. The van der Waals surface area contributed by atoms with E-state index >= 15 is 0 Å². The molecule has 1 heterocycles. The SMILES string of the molecule is COC(=O)CCn1c(SCC(=O)O)nnc1C(C)C. The van der Waals surface area contributed by atoms with Crippen molar-refractivity contribution in [1.29, 1.82) is 0 Å². The van der Waals surface area contributed by atoms with Gasteiger partial charge in [0.05, 0.1) is 19.3 Å². The van der Waals surface area contributed by atoms with Crippen LogP contribution < -0.4 is 0 Å². The number of aliphatic carboxylic acids is 1. The van der Waals surface area contributed by atoms with Gasteiger partial charge in [-0.3, -0.25) is 9.59 Å². The highest BCUT2D eigenvalue weighted by molar-refractivity contribution is 7.99. The Labute approximate surface area is 115 Å². The Morgan fingerprint density at radius 1 is 1.42 bits per heavy atom. The maximum Gasteiger partial charge on any atom is 0.313 e. The molecule has 0 radical (unpaired) electrons. The van der Waals surface area contributed by atoms with Crippen LogP contribution in [0.2, 0.25) is 0 Å². The number of esters is 1. The molecule has 1 aromatic heterocycles. The number of carbonyl (C=O) groups is 2. The third kappa shape index (κ3) is 4.55. The normalized spacial score (nSPS) is 10.7. The smallest absolute Gasteiger partial charge is 0.313 e. The van der Waals surface area contributed by atoms with Gasteiger partial charge in [-0.25, -0.2) is 0 Å². The molecule has 0 saturated heterocycles. The van der Waals surface area contributed by atoms with Crippen LogP contribution in [0.5, 0.6) is 0 Å². The molecule has 0 aliphatic carbocycles. The minimum atomic E-state index is -0.918. The van der Waals surface area contributed by atoms with Gasteiger partial charge < -0.3 is 14.4 Å². The van der Waals surface area contributed by atoms with E-state index in [0.29, 0.717) is 11.7 Å². The van der Waals surface area contributed by atoms with Crippen LogP contribution in [0.4, 0.5) is 0 Å². The van der Waals surface area contributed by atoms with Gasteiger partial charge in [-0.05, 0) is 0 Å². The lowest BCUT2D eigenvalue weighted by Crippen LogP contribution is -2.12. The number of carboxylic acid groups (broad SMARTS) is 1. The van der Waals surface area contributed by atoms with Gasteiger partial charge in [0.2, 0.25) is 0 Å². The number of methoxy groups -OCH3 is 1. The van der Waals surface area contributed by atoms with Crippen molar-refractivity contribution < 1.29 is 19.4 Å². The van der Waals surface area contributed by atoms with E-state index in [-0.39, 0.29) is 24.1 Å². The number of thioether (sulfide) groups is 1. The van der Waals surface area contributed by atoms with Crippen molar-refractivity contribution in [3.63, 3.8) is 0 Å². The molecule has 7 nitrogen and oxygen atoms in total. The second kappa shape index (κ2) is 7.13. The molecule has 1 rings (SSSR count). The minimum absolute atomic E-state index is 0.0888. The molecule has 0 spiro atoms. The number of hydrogen-bond donors (Lipinski definition) is 1. The molecule has 0 atom stereocenters. The van der Waals surface area contributed by atoms with Crippen LogP contribution in [0.3, 0.4) is 0 Å². The van der Waals surface area contributed by atoms with Gasteiger partial charge in [-0.15, -0.1) is 10.2 Å². The van der Waals surface area contributed by atoms with Gasteiger partial charge in [-0.2, -0.15) is 0 Å². The van der Waals surface area contributed by atoms with Crippen LogP contribution in [0.1, 0.15) is 32.0 Å². The zero-order valence-electron chi connectivity index (χ0n) is 11.1. The summed E-state index contributed by atoms with van der Waals surface area (Å²) in [5, 5.41) is 17.2. The first-order valence-corrected chi connectivity index (χ1v) is 6.78. The van der Waals surface area contributed by atoms with Gasteiger partial charge in [0.25, 0.3) is 0 Å². The fourth-order valence-corrected chi connectivity index (χ4v) is 2.17. The van der Waals surface area contributed by atoms with Gasteiger partial charge in [-0.1, -0.05) is 25.6 Å². The summed E-state index contributed by atoms with van der Waals surface area (Å²) in [5.41, 5.74) is 0. The summed E-state index contributed by atoms with van der Waals surface area (Å²) < 4.78 is 6.37. The molecular formula is C11H17N3O4S. The van der Waals surface area contributed by atoms with Crippen LogP contribution in [0, 0.1) is 0 Å². The molecule has 0 amide bonds. The van der Waals surface area contributed by atoms with Crippen molar-refractivity contribution in [1.82, 2.24) is 14.8 Å². The van der Waals surface area contributed by atoms with E-state index < -0.39 is 5.97 Å². The molecule has 0 bridgehead atoms. The Morgan fingerprint density at radius 3 is 2.63 bits per heavy atom. The summed E-state index contributed by atoms with van der Waals surface area (Å²) in [4.78, 5) is 21.8. The standard InChI is InChI=1S/C11H17N3O4S/c1-7(2)10-12-13-11(19-6-8(15)16)14(10)5-4-9(17)18-3/h7H,4-6H2,1-3H3,(H,15,16). The Kier molecular flexibility index (Phi) is 5.81. The van der Waals surface area contributed by atoms with E-state index in [1.807, 2.05) is 13.8 Å². The predicted molar refractivity (Wildman–Crippen MR) is 69.1 cm³/mol. The number of hydrogen-bond acceptors (Lipinski definition) is 6. The first kappa shape index (κ1) is 15.5. The fourth-order valence-electron chi connectivity index (χ4n) is 1.48. The third-order valence-electron chi connectivity index (χ3n) is 2.35. The minimum Gasteiger partial charge on any atom is -0.481 e. The molecule has 19 heavy (non-hydrogen) atoms. The molecule has 8 heteroatoms. The fraction of sp³-hybridized carbons (Fsp3) is 0.636. The van der Waals surface area contributed by atoms with Crippen LogP contribution >= 0.6 is 11.8 Å². The molecule has 0 unspecified atom stereocenters. The Hall–Kier alpha value is -1.57. The molecule has 0 aliphatic heterocycles. The van der Waals surface area contributed by atoms with Crippen molar-refractivity contribution in [2.24, 2.45) is 0 Å². The molecule has 106 valence electrons. The van der Waals surface area contributed by atoms with Crippen molar-refractivity contribution in [2.45, 2.75) is 37.9 Å². The molecule has 1 N–H and O–H groups in total. The monoisotopic (exact) mass is 287 g/mol. The van der Waals surface area contributed by atoms with E-state index in [4.69, 9.17) is 5.11 Å². The van der Waals surface area contributed by atoms with Crippen LogP contribution in [0.25, 0.3) is 0 Å². The van der Waals surface area contributed by atoms with Gasteiger partial charge >= 0.3 is 11.9 Å². The molecule has 0 aliphatic rings. The summed E-state index contributed by atoms with van der Waals surface area (Å²) in [6.45, 7) is 4.31. The molecule has 0 saturated carbocycles. The molecule has 0 aromatic carbocycles. The van der Waals surface area contributed by atoms with Crippen LogP contribution in [-0.2, 0) is 20.9 Å². The van der Waals surface area contributed by atoms with Gasteiger partial charge in [0.15, 0.2) is 5.16 Å². The number of carbonyl (C=O) groups excluding carboxylic acids is 1. The average Bonchev–Trinajstić information content (AvgIpc) is 2.76. The maximum atomic E-state index is 11.2. The van der Waals surface area contributed by atoms with Crippen molar-refractivity contribution in [3.8, 4) is 0 Å². The van der Waals surface area contributed by atoms with Gasteiger partial charge in [0, 0.05) is 12.5 Å².